The fourth-order valence-electron chi connectivity index (χ4n) is 3.66. The van der Waals surface area contributed by atoms with Crippen LogP contribution in [0.25, 0.3) is 0 Å². The van der Waals surface area contributed by atoms with E-state index in [1.807, 2.05) is 18.2 Å². The van der Waals surface area contributed by atoms with Gasteiger partial charge in [0.05, 0.1) is 18.6 Å². The lowest BCUT2D eigenvalue weighted by Gasteiger charge is -2.29. The zero-order chi connectivity index (χ0) is 16.0. The first kappa shape index (κ1) is 17.2. The molecule has 1 unspecified atom stereocenters. The lowest BCUT2D eigenvalue weighted by Crippen LogP contribution is -2.44. The van der Waals surface area contributed by atoms with Crippen LogP contribution in [0.15, 0.2) is 30.3 Å². The highest BCUT2D eigenvalue weighted by molar-refractivity contribution is 5.92. The van der Waals surface area contributed by atoms with Gasteiger partial charge in [0.15, 0.2) is 5.78 Å². The van der Waals surface area contributed by atoms with Crippen LogP contribution >= 0.6 is 0 Å². The molecule has 1 saturated carbocycles. The van der Waals surface area contributed by atoms with E-state index in [-0.39, 0.29) is 23.8 Å². The second-order valence-electron chi connectivity index (χ2n) is 6.97. The summed E-state index contributed by atoms with van der Waals surface area (Å²) in [5.74, 6) is 0.785. The molecule has 0 heterocycles. The van der Waals surface area contributed by atoms with E-state index in [2.05, 4.69) is 31.3 Å². The molecule has 1 aromatic carbocycles. The van der Waals surface area contributed by atoms with Gasteiger partial charge in [-0.05, 0) is 30.7 Å². The zero-order valence-electron chi connectivity index (χ0n) is 13.8. The maximum Gasteiger partial charge on any atom is 0.157 e. The van der Waals surface area contributed by atoms with E-state index in [9.17, 15) is 9.90 Å². The highest BCUT2D eigenvalue weighted by Gasteiger charge is 2.41. The molecule has 0 aliphatic heterocycles. The van der Waals surface area contributed by atoms with Crippen molar-refractivity contribution >= 4 is 5.78 Å². The highest BCUT2D eigenvalue weighted by Crippen LogP contribution is 2.41. The molecule has 122 valence electrons. The normalized spacial score (nSPS) is 18.5. The summed E-state index contributed by atoms with van der Waals surface area (Å²) in [5.41, 5.74) is 0.843. The van der Waals surface area contributed by atoms with Gasteiger partial charge in [-0.15, -0.1) is 0 Å². The highest BCUT2D eigenvalue weighted by atomic mass is 16.3. The van der Waals surface area contributed by atoms with Crippen LogP contribution in [-0.2, 0) is 10.2 Å². The topological polar surface area (TPSA) is 49.3 Å². The van der Waals surface area contributed by atoms with Crippen molar-refractivity contribution in [3.63, 3.8) is 0 Å². The molecule has 2 N–H and O–H groups in total. The van der Waals surface area contributed by atoms with Crippen molar-refractivity contribution in [1.29, 1.82) is 0 Å². The Bertz CT molecular complexity index is 464. The Labute approximate surface area is 134 Å². The van der Waals surface area contributed by atoms with Crippen molar-refractivity contribution in [2.24, 2.45) is 5.92 Å². The summed E-state index contributed by atoms with van der Waals surface area (Å²) in [6, 6.07) is 10.2. The summed E-state index contributed by atoms with van der Waals surface area (Å²) >= 11 is 0. The Morgan fingerprint density at radius 3 is 2.41 bits per heavy atom. The van der Waals surface area contributed by atoms with Crippen LogP contribution in [0.4, 0.5) is 0 Å². The first-order valence-corrected chi connectivity index (χ1v) is 8.51. The summed E-state index contributed by atoms with van der Waals surface area (Å²) in [5, 5.41) is 12.7. The van der Waals surface area contributed by atoms with Crippen LogP contribution in [0.5, 0.6) is 0 Å². The van der Waals surface area contributed by atoms with Gasteiger partial charge < -0.3 is 10.4 Å². The van der Waals surface area contributed by atoms with Crippen LogP contribution in [0.2, 0.25) is 0 Å². The van der Waals surface area contributed by atoms with Gasteiger partial charge in [-0.2, -0.15) is 0 Å². The predicted molar refractivity (Wildman–Crippen MR) is 89.9 cm³/mol. The maximum atomic E-state index is 12.9. The molecular weight excluding hydrogens is 274 g/mol. The molecule has 0 saturated heterocycles. The van der Waals surface area contributed by atoms with Gasteiger partial charge in [0.1, 0.15) is 0 Å². The number of carbonyl (C=O) groups is 1. The van der Waals surface area contributed by atoms with E-state index in [0.717, 1.165) is 37.7 Å². The molecule has 22 heavy (non-hydrogen) atoms. The molecule has 1 aliphatic carbocycles. The van der Waals surface area contributed by atoms with Gasteiger partial charge in [-0.1, -0.05) is 57.0 Å². The van der Waals surface area contributed by atoms with Gasteiger partial charge in [0, 0.05) is 6.04 Å². The van der Waals surface area contributed by atoms with E-state index >= 15 is 0 Å². The fraction of sp³-hybridized carbons (Fsp3) is 0.632. The molecule has 1 aliphatic rings. The second kappa shape index (κ2) is 7.89. The third kappa shape index (κ3) is 3.96. The summed E-state index contributed by atoms with van der Waals surface area (Å²) < 4.78 is 0. The maximum absolute atomic E-state index is 12.9. The van der Waals surface area contributed by atoms with Crippen LogP contribution in [-0.4, -0.2) is 30.1 Å². The number of nitrogens with one attached hydrogen (secondary N) is 1. The van der Waals surface area contributed by atoms with E-state index in [1.54, 1.807) is 0 Å². The number of Topliss-reactive ketones (excluding diaryl/α,β-unsaturated/α-hetero) is 1. The number of hydrogen-bond acceptors (Lipinski definition) is 3. The lowest BCUT2D eigenvalue weighted by molar-refractivity contribution is -0.123. The van der Waals surface area contributed by atoms with E-state index in [4.69, 9.17) is 0 Å². The molecular formula is C19H29NO2. The van der Waals surface area contributed by atoms with Crippen molar-refractivity contribution in [3.05, 3.63) is 35.9 Å². The van der Waals surface area contributed by atoms with Gasteiger partial charge in [-0.3, -0.25) is 4.79 Å². The first-order chi connectivity index (χ1) is 10.6. The number of aliphatic hydroxyl groups excluding tert-OH is 1. The standard InChI is InChI=1S/C19H29NO2/c1-15(2)12-17(14-21)20-13-18(22)19(10-6-7-11-19)16-8-4-3-5-9-16/h3-5,8-9,15,17,20-21H,6-7,10-14H2,1-2H3. The number of ketones is 1. The van der Waals surface area contributed by atoms with E-state index < -0.39 is 0 Å². The summed E-state index contributed by atoms with van der Waals surface area (Å²) in [6.07, 6.45) is 5.03. The van der Waals surface area contributed by atoms with E-state index in [1.165, 1.54) is 0 Å². The van der Waals surface area contributed by atoms with Crippen LogP contribution in [0.1, 0.15) is 51.5 Å². The Hall–Kier alpha value is -1.19. The summed E-state index contributed by atoms with van der Waals surface area (Å²) in [7, 11) is 0. The summed E-state index contributed by atoms with van der Waals surface area (Å²) in [4.78, 5) is 12.9. The van der Waals surface area contributed by atoms with E-state index in [0.29, 0.717) is 12.5 Å². The van der Waals surface area contributed by atoms with Crippen molar-refractivity contribution in [1.82, 2.24) is 5.32 Å². The Balaban J connectivity index is 2.05. The second-order valence-corrected chi connectivity index (χ2v) is 6.97. The molecule has 1 fully saturated rings. The van der Waals surface area contributed by atoms with Crippen molar-refractivity contribution in [2.75, 3.05) is 13.2 Å². The van der Waals surface area contributed by atoms with Crippen molar-refractivity contribution in [3.8, 4) is 0 Å². The number of hydrogen-bond donors (Lipinski definition) is 2. The predicted octanol–water partition coefficient (Wildman–Crippen LogP) is 3.06. The quantitative estimate of drug-likeness (QED) is 0.776. The largest absolute Gasteiger partial charge is 0.395 e. The molecule has 0 amide bonds. The number of aliphatic hydroxyl groups is 1. The van der Waals surface area contributed by atoms with Gasteiger partial charge in [-0.25, -0.2) is 0 Å². The number of carbonyl (C=O) groups excluding carboxylic acids is 1. The average Bonchev–Trinajstić information content (AvgIpc) is 3.02. The molecule has 3 heteroatoms. The Morgan fingerprint density at radius 2 is 1.86 bits per heavy atom. The minimum absolute atomic E-state index is 0.0122. The number of benzene rings is 1. The molecule has 2 rings (SSSR count). The minimum Gasteiger partial charge on any atom is -0.395 e. The Morgan fingerprint density at radius 1 is 1.23 bits per heavy atom. The van der Waals surface area contributed by atoms with Gasteiger partial charge >= 0.3 is 0 Å². The van der Waals surface area contributed by atoms with Crippen LogP contribution < -0.4 is 5.32 Å². The number of rotatable bonds is 8. The third-order valence-corrected chi connectivity index (χ3v) is 4.84. The summed E-state index contributed by atoms with van der Waals surface area (Å²) in [6.45, 7) is 4.71. The van der Waals surface area contributed by atoms with Crippen LogP contribution in [0.3, 0.4) is 0 Å². The first-order valence-electron chi connectivity index (χ1n) is 8.51. The SMILES string of the molecule is CC(C)CC(CO)NCC(=O)C1(c2ccccc2)CCCC1. The third-order valence-electron chi connectivity index (χ3n) is 4.84. The lowest BCUT2D eigenvalue weighted by atomic mass is 9.75. The molecule has 0 radical (unpaired) electrons. The molecule has 3 nitrogen and oxygen atoms in total. The van der Waals surface area contributed by atoms with Gasteiger partial charge in [0.25, 0.3) is 0 Å². The average molecular weight is 303 g/mol. The molecule has 0 spiro atoms. The Kier molecular flexibility index (Phi) is 6.16. The van der Waals surface area contributed by atoms with Gasteiger partial charge in [0.2, 0.25) is 0 Å². The van der Waals surface area contributed by atoms with Crippen molar-refractivity contribution in [2.45, 2.75) is 57.4 Å². The molecule has 0 aromatic heterocycles. The minimum atomic E-state index is -0.313. The van der Waals surface area contributed by atoms with Crippen molar-refractivity contribution < 1.29 is 9.90 Å². The molecule has 1 atom stereocenters. The smallest absolute Gasteiger partial charge is 0.157 e. The monoisotopic (exact) mass is 303 g/mol. The van der Waals surface area contributed by atoms with Crippen LogP contribution in [0, 0.1) is 5.92 Å². The molecule has 1 aromatic rings. The molecule has 0 bridgehead atoms. The zero-order valence-corrected chi connectivity index (χ0v) is 13.8. The fourth-order valence-corrected chi connectivity index (χ4v) is 3.66.